The van der Waals surface area contributed by atoms with Crippen LogP contribution in [0.1, 0.15) is 5.56 Å². The number of hydrogen-bond acceptors (Lipinski definition) is 4. The second-order valence-electron chi connectivity index (χ2n) is 5.69. The Hall–Kier alpha value is -2.85. The maximum Gasteiger partial charge on any atom is 0.128 e. The molecule has 0 spiro atoms. The quantitative estimate of drug-likeness (QED) is 0.715. The average Bonchev–Trinajstić information content (AvgIpc) is 2.67. The number of nitrogens with zero attached hydrogens (tertiary/aromatic N) is 1. The maximum absolute atomic E-state index is 10.4. The van der Waals surface area contributed by atoms with E-state index in [1.807, 2.05) is 66.7 Å². The molecule has 1 atom stereocenters. The zero-order valence-electron chi connectivity index (χ0n) is 14.1. The van der Waals surface area contributed by atoms with Crippen LogP contribution in [0.2, 0.25) is 0 Å². The summed E-state index contributed by atoms with van der Waals surface area (Å²) in [5.74, 6) is 1.49. The first kappa shape index (κ1) is 17.0. The second kappa shape index (κ2) is 8.31. The summed E-state index contributed by atoms with van der Waals surface area (Å²) >= 11 is 0. The number of pyridine rings is 1. The van der Waals surface area contributed by atoms with E-state index >= 15 is 0 Å². The molecule has 1 unspecified atom stereocenters. The van der Waals surface area contributed by atoms with Gasteiger partial charge in [-0.15, -0.1) is 0 Å². The van der Waals surface area contributed by atoms with Crippen molar-refractivity contribution in [3.8, 4) is 22.8 Å². The zero-order valence-corrected chi connectivity index (χ0v) is 14.1. The second-order valence-corrected chi connectivity index (χ2v) is 5.69. The molecule has 0 aliphatic heterocycles. The molecule has 2 aromatic carbocycles. The van der Waals surface area contributed by atoms with Crippen molar-refractivity contribution in [1.82, 2.24) is 4.98 Å². The van der Waals surface area contributed by atoms with E-state index in [-0.39, 0.29) is 6.61 Å². The Morgan fingerprint density at radius 3 is 2.48 bits per heavy atom. The van der Waals surface area contributed by atoms with Gasteiger partial charge in [-0.1, -0.05) is 36.4 Å². The van der Waals surface area contributed by atoms with Crippen LogP contribution in [0.4, 0.5) is 0 Å². The number of para-hydroxylation sites is 1. The van der Waals surface area contributed by atoms with Gasteiger partial charge >= 0.3 is 0 Å². The van der Waals surface area contributed by atoms with Gasteiger partial charge in [0.05, 0.1) is 18.9 Å². The Kier molecular flexibility index (Phi) is 5.65. The van der Waals surface area contributed by atoms with Gasteiger partial charge in [0.2, 0.25) is 0 Å². The van der Waals surface area contributed by atoms with Gasteiger partial charge in [0, 0.05) is 18.2 Å². The molecule has 3 rings (SSSR count). The van der Waals surface area contributed by atoms with E-state index in [9.17, 15) is 5.11 Å². The molecule has 25 heavy (non-hydrogen) atoms. The molecule has 4 heteroatoms. The van der Waals surface area contributed by atoms with E-state index in [4.69, 9.17) is 9.47 Å². The van der Waals surface area contributed by atoms with E-state index < -0.39 is 6.10 Å². The minimum atomic E-state index is -0.630. The van der Waals surface area contributed by atoms with E-state index in [1.165, 1.54) is 0 Å². The molecule has 0 radical (unpaired) electrons. The lowest BCUT2D eigenvalue weighted by Gasteiger charge is -2.17. The summed E-state index contributed by atoms with van der Waals surface area (Å²) < 4.78 is 11.1. The third kappa shape index (κ3) is 4.37. The number of hydrogen-bond donors (Lipinski definition) is 1. The van der Waals surface area contributed by atoms with Crippen molar-refractivity contribution in [1.29, 1.82) is 0 Å². The number of methoxy groups -OCH3 is 1. The molecule has 0 amide bonds. The van der Waals surface area contributed by atoms with Gasteiger partial charge in [-0.05, 0) is 35.9 Å². The topological polar surface area (TPSA) is 51.6 Å². The van der Waals surface area contributed by atoms with Crippen LogP contribution in [0.15, 0.2) is 72.9 Å². The third-order valence-corrected chi connectivity index (χ3v) is 3.89. The lowest BCUT2D eigenvalue weighted by atomic mass is 9.98. The normalized spacial score (nSPS) is 11.8. The van der Waals surface area contributed by atoms with Crippen molar-refractivity contribution in [2.75, 3.05) is 13.7 Å². The molecule has 0 aliphatic rings. The number of rotatable bonds is 7. The molecule has 0 saturated carbocycles. The highest BCUT2D eigenvalue weighted by Crippen LogP contribution is 2.32. The van der Waals surface area contributed by atoms with Crippen molar-refractivity contribution in [3.05, 3.63) is 78.5 Å². The largest absolute Gasteiger partial charge is 0.496 e. The lowest BCUT2D eigenvalue weighted by molar-refractivity contribution is 0.108. The number of aromatic nitrogens is 1. The number of aliphatic hydroxyl groups excluding tert-OH is 1. The third-order valence-electron chi connectivity index (χ3n) is 3.89. The highest BCUT2D eigenvalue weighted by Gasteiger charge is 2.16. The lowest BCUT2D eigenvalue weighted by Crippen LogP contribution is -2.20. The molecule has 0 fully saturated rings. The summed E-state index contributed by atoms with van der Waals surface area (Å²) in [4.78, 5) is 4.43. The SMILES string of the molecule is COc1cccc(CC(O)COc2ccccc2)c1-c1ccccn1. The van der Waals surface area contributed by atoms with Crippen LogP contribution < -0.4 is 9.47 Å². The molecule has 128 valence electrons. The van der Waals surface area contributed by atoms with Gasteiger partial charge in [0.25, 0.3) is 0 Å². The predicted octanol–water partition coefficient (Wildman–Crippen LogP) is 3.74. The van der Waals surface area contributed by atoms with Gasteiger partial charge in [-0.25, -0.2) is 0 Å². The van der Waals surface area contributed by atoms with E-state index in [2.05, 4.69) is 4.98 Å². The van der Waals surface area contributed by atoms with Crippen molar-refractivity contribution in [3.63, 3.8) is 0 Å². The summed E-state index contributed by atoms with van der Waals surface area (Å²) in [6.45, 7) is 0.225. The van der Waals surface area contributed by atoms with Crippen molar-refractivity contribution in [2.45, 2.75) is 12.5 Å². The number of benzene rings is 2. The molecule has 1 heterocycles. The first-order valence-electron chi connectivity index (χ1n) is 8.21. The Morgan fingerprint density at radius 1 is 0.960 bits per heavy atom. The van der Waals surface area contributed by atoms with Crippen molar-refractivity contribution >= 4 is 0 Å². The van der Waals surface area contributed by atoms with Crippen LogP contribution in [0.5, 0.6) is 11.5 Å². The first-order chi connectivity index (χ1) is 12.3. The average molecular weight is 335 g/mol. The van der Waals surface area contributed by atoms with Crippen LogP contribution >= 0.6 is 0 Å². The summed E-state index contributed by atoms with van der Waals surface area (Å²) in [7, 11) is 1.64. The van der Waals surface area contributed by atoms with E-state index in [0.717, 1.165) is 28.3 Å². The van der Waals surface area contributed by atoms with Crippen LogP contribution in [-0.2, 0) is 6.42 Å². The van der Waals surface area contributed by atoms with Gasteiger partial charge in [0.1, 0.15) is 18.1 Å². The summed E-state index contributed by atoms with van der Waals surface area (Å²) in [5, 5.41) is 10.4. The zero-order chi connectivity index (χ0) is 17.5. The first-order valence-corrected chi connectivity index (χ1v) is 8.21. The Labute approximate surface area is 147 Å². The Balaban J connectivity index is 1.78. The number of aliphatic hydroxyl groups is 1. The fourth-order valence-electron chi connectivity index (χ4n) is 2.74. The molecule has 1 N–H and O–H groups in total. The summed E-state index contributed by atoms with van der Waals surface area (Å²) in [6, 6.07) is 21.0. The number of ether oxygens (including phenoxy) is 2. The van der Waals surface area contributed by atoms with Gasteiger partial charge in [-0.3, -0.25) is 4.98 Å². The van der Waals surface area contributed by atoms with Gasteiger partial charge < -0.3 is 14.6 Å². The predicted molar refractivity (Wildman–Crippen MR) is 97.9 cm³/mol. The van der Waals surface area contributed by atoms with Gasteiger partial charge in [0.15, 0.2) is 0 Å². The van der Waals surface area contributed by atoms with E-state index in [1.54, 1.807) is 13.3 Å². The Morgan fingerprint density at radius 2 is 1.76 bits per heavy atom. The van der Waals surface area contributed by atoms with Crippen molar-refractivity contribution in [2.24, 2.45) is 0 Å². The fourth-order valence-corrected chi connectivity index (χ4v) is 2.74. The molecule has 0 bridgehead atoms. The fraction of sp³-hybridized carbons (Fsp3) is 0.190. The molecule has 0 saturated heterocycles. The minimum Gasteiger partial charge on any atom is -0.496 e. The molecule has 1 aromatic heterocycles. The highest BCUT2D eigenvalue weighted by molar-refractivity contribution is 5.71. The Bertz CT molecular complexity index is 791. The van der Waals surface area contributed by atoms with Crippen LogP contribution in [0.3, 0.4) is 0 Å². The summed E-state index contributed by atoms with van der Waals surface area (Å²) in [5.41, 5.74) is 2.71. The monoisotopic (exact) mass is 335 g/mol. The van der Waals surface area contributed by atoms with Crippen LogP contribution in [-0.4, -0.2) is 29.9 Å². The van der Waals surface area contributed by atoms with Crippen LogP contribution in [0, 0.1) is 0 Å². The molecular weight excluding hydrogens is 314 g/mol. The van der Waals surface area contributed by atoms with Crippen molar-refractivity contribution < 1.29 is 14.6 Å². The highest BCUT2D eigenvalue weighted by atomic mass is 16.5. The smallest absolute Gasteiger partial charge is 0.128 e. The maximum atomic E-state index is 10.4. The molecular formula is C21H21NO3. The molecule has 0 aliphatic carbocycles. The van der Waals surface area contributed by atoms with Crippen LogP contribution in [0.25, 0.3) is 11.3 Å². The molecule has 4 nitrogen and oxygen atoms in total. The standard InChI is InChI=1S/C21H21NO3/c1-24-20-12-7-8-16(21(20)19-11-5-6-13-22-19)14-17(23)15-25-18-9-3-2-4-10-18/h2-13,17,23H,14-15H2,1H3. The summed E-state index contributed by atoms with van der Waals surface area (Å²) in [6.07, 6.45) is 1.57. The minimum absolute atomic E-state index is 0.225. The molecule has 3 aromatic rings. The van der Waals surface area contributed by atoms with E-state index in [0.29, 0.717) is 6.42 Å². The van der Waals surface area contributed by atoms with Gasteiger partial charge in [-0.2, -0.15) is 0 Å².